The Hall–Kier alpha value is -2.27. The van der Waals surface area contributed by atoms with Gasteiger partial charge < -0.3 is 9.32 Å². The number of nitrogens with zero attached hydrogens (tertiary/aromatic N) is 2. The number of hydrogen-bond acceptors (Lipinski definition) is 3. The van der Waals surface area contributed by atoms with E-state index in [1.54, 1.807) is 36.5 Å². The highest BCUT2D eigenvalue weighted by Gasteiger charge is 2.21. The number of H-pyrrole nitrogens is 1. The van der Waals surface area contributed by atoms with E-state index in [2.05, 4.69) is 10.2 Å². The zero-order chi connectivity index (χ0) is 15.0. The average molecular weight is 304 g/mol. The summed E-state index contributed by atoms with van der Waals surface area (Å²) in [6, 6.07) is 5.33. The van der Waals surface area contributed by atoms with Crippen LogP contribution in [-0.4, -0.2) is 28.1 Å². The molecule has 1 amide bonds. The van der Waals surface area contributed by atoms with E-state index in [-0.39, 0.29) is 5.91 Å². The molecular weight excluding hydrogens is 290 g/mol. The molecule has 0 spiro atoms. The van der Waals surface area contributed by atoms with Crippen LogP contribution in [-0.2, 0) is 6.54 Å². The molecule has 0 aliphatic carbocycles. The fourth-order valence-corrected chi connectivity index (χ4v) is 2.45. The van der Waals surface area contributed by atoms with Gasteiger partial charge in [-0.1, -0.05) is 11.6 Å². The highest BCUT2D eigenvalue weighted by molar-refractivity contribution is 6.31. The highest BCUT2D eigenvalue weighted by Crippen LogP contribution is 2.28. The average Bonchev–Trinajstić information content (AvgIpc) is 3.07. The minimum absolute atomic E-state index is 0.166. The summed E-state index contributed by atoms with van der Waals surface area (Å²) in [6.45, 7) is 2.33. The van der Waals surface area contributed by atoms with Gasteiger partial charge in [0, 0.05) is 41.3 Å². The summed E-state index contributed by atoms with van der Waals surface area (Å²) in [6.07, 6.45) is 3.45. The zero-order valence-corrected chi connectivity index (χ0v) is 12.4. The fourth-order valence-electron chi connectivity index (χ4n) is 2.28. The second-order valence-electron chi connectivity index (χ2n) is 4.96. The normalized spacial score (nSPS) is 11.0. The summed E-state index contributed by atoms with van der Waals surface area (Å²) < 4.78 is 5.68. The molecule has 3 aromatic rings. The van der Waals surface area contributed by atoms with E-state index >= 15 is 0 Å². The first-order chi connectivity index (χ1) is 10.1. The third-order valence-electron chi connectivity index (χ3n) is 3.41. The molecule has 0 atom stereocenters. The second-order valence-corrected chi connectivity index (χ2v) is 5.40. The van der Waals surface area contributed by atoms with E-state index in [0.717, 1.165) is 16.5 Å². The molecule has 3 rings (SSSR count). The molecule has 0 aliphatic rings. The van der Waals surface area contributed by atoms with Crippen LogP contribution in [0.4, 0.5) is 0 Å². The van der Waals surface area contributed by atoms with Gasteiger partial charge in [0.2, 0.25) is 0 Å². The van der Waals surface area contributed by atoms with Crippen LogP contribution in [0.1, 0.15) is 21.7 Å². The van der Waals surface area contributed by atoms with Gasteiger partial charge in [-0.2, -0.15) is 5.10 Å². The summed E-state index contributed by atoms with van der Waals surface area (Å²) in [5.74, 6) is 0.180. The Bertz CT molecular complexity index is 793. The van der Waals surface area contributed by atoms with Crippen LogP contribution in [0.25, 0.3) is 11.0 Å². The van der Waals surface area contributed by atoms with Gasteiger partial charge in [-0.25, -0.2) is 0 Å². The smallest absolute Gasteiger partial charge is 0.289 e. The molecule has 6 heteroatoms. The van der Waals surface area contributed by atoms with Gasteiger partial charge >= 0.3 is 0 Å². The maximum absolute atomic E-state index is 12.5. The van der Waals surface area contributed by atoms with E-state index in [4.69, 9.17) is 16.0 Å². The van der Waals surface area contributed by atoms with Gasteiger partial charge in [0.05, 0.1) is 6.20 Å². The molecule has 0 bridgehead atoms. The summed E-state index contributed by atoms with van der Waals surface area (Å²) in [5.41, 5.74) is 2.40. The van der Waals surface area contributed by atoms with Crippen LogP contribution in [0.3, 0.4) is 0 Å². The number of carbonyl (C=O) groups is 1. The first kappa shape index (κ1) is 13.7. The van der Waals surface area contributed by atoms with Crippen LogP contribution < -0.4 is 0 Å². The number of amides is 1. The number of rotatable bonds is 3. The molecular formula is C15H14ClN3O2. The van der Waals surface area contributed by atoms with Gasteiger partial charge in [-0.3, -0.25) is 9.89 Å². The maximum Gasteiger partial charge on any atom is 0.289 e. The van der Waals surface area contributed by atoms with Crippen LogP contribution in [0.5, 0.6) is 0 Å². The molecule has 0 aliphatic heterocycles. The first-order valence-corrected chi connectivity index (χ1v) is 6.86. The number of aromatic nitrogens is 2. The van der Waals surface area contributed by atoms with Gasteiger partial charge in [0.25, 0.3) is 5.91 Å². The minimum atomic E-state index is -0.166. The van der Waals surface area contributed by atoms with E-state index in [1.165, 1.54) is 0 Å². The largest absolute Gasteiger partial charge is 0.451 e. The van der Waals surface area contributed by atoms with Gasteiger partial charge in [0.1, 0.15) is 5.58 Å². The quantitative estimate of drug-likeness (QED) is 0.806. The third-order valence-corrected chi connectivity index (χ3v) is 3.65. The lowest BCUT2D eigenvalue weighted by Gasteiger charge is -2.14. The second kappa shape index (κ2) is 5.26. The molecule has 2 aromatic heterocycles. The van der Waals surface area contributed by atoms with Crippen molar-refractivity contribution in [2.24, 2.45) is 0 Å². The van der Waals surface area contributed by atoms with Crippen molar-refractivity contribution in [1.29, 1.82) is 0 Å². The molecule has 0 fully saturated rings. The lowest BCUT2D eigenvalue weighted by molar-refractivity contribution is 0.0755. The molecule has 0 saturated heterocycles. The number of hydrogen-bond donors (Lipinski definition) is 1. The molecule has 0 radical (unpaired) electrons. The standard InChI is InChI=1S/C15H14ClN3O2/c1-9-12-5-11(16)3-4-13(12)21-14(9)15(20)19(2)8-10-6-17-18-7-10/h3-7H,8H2,1-2H3,(H,17,18). The summed E-state index contributed by atoms with van der Waals surface area (Å²) in [7, 11) is 1.73. The van der Waals surface area contributed by atoms with Crippen molar-refractivity contribution in [2.75, 3.05) is 7.05 Å². The molecule has 21 heavy (non-hydrogen) atoms. The lowest BCUT2D eigenvalue weighted by Crippen LogP contribution is -2.26. The van der Waals surface area contributed by atoms with Crippen molar-refractivity contribution in [3.63, 3.8) is 0 Å². The Morgan fingerprint density at radius 2 is 2.29 bits per heavy atom. The molecule has 0 unspecified atom stereocenters. The highest BCUT2D eigenvalue weighted by atomic mass is 35.5. The van der Waals surface area contributed by atoms with Crippen LogP contribution in [0.15, 0.2) is 35.0 Å². The van der Waals surface area contributed by atoms with Gasteiger partial charge in [-0.15, -0.1) is 0 Å². The van der Waals surface area contributed by atoms with Crippen molar-refractivity contribution in [3.05, 3.63) is 52.5 Å². The number of furan rings is 1. The number of halogens is 1. The van der Waals surface area contributed by atoms with Crippen molar-refractivity contribution in [1.82, 2.24) is 15.1 Å². The Balaban J connectivity index is 1.92. The molecule has 108 valence electrons. The Morgan fingerprint density at radius 3 is 3.00 bits per heavy atom. The Labute approximate surface area is 126 Å². The number of fused-ring (bicyclic) bond motifs is 1. The summed E-state index contributed by atoms with van der Waals surface area (Å²) >= 11 is 5.99. The van der Waals surface area contributed by atoms with E-state index in [9.17, 15) is 4.79 Å². The molecule has 1 N–H and O–H groups in total. The number of aromatic amines is 1. The van der Waals surface area contributed by atoms with Gasteiger partial charge in [-0.05, 0) is 25.1 Å². The number of benzene rings is 1. The zero-order valence-electron chi connectivity index (χ0n) is 11.7. The SMILES string of the molecule is Cc1c(C(=O)N(C)Cc2cn[nH]c2)oc2ccc(Cl)cc12. The summed E-state index contributed by atoms with van der Waals surface area (Å²) in [4.78, 5) is 14.1. The fraction of sp³-hybridized carbons (Fsp3) is 0.200. The maximum atomic E-state index is 12.5. The first-order valence-electron chi connectivity index (χ1n) is 6.48. The van der Waals surface area contributed by atoms with Crippen molar-refractivity contribution >= 4 is 28.5 Å². The molecule has 2 heterocycles. The third kappa shape index (κ3) is 2.52. The van der Waals surface area contributed by atoms with Crippen molar-refractivity contribution in [3.8, 4) is 0 Å². The number of carbonyl (C=O) groups excluding carboxylic acids is 1. The van der Waals surface area contributed by atoms with Crippen molar-refractivity contribution < 1.29 is 9.21 Å². The molecule has 5 nitrogen and oxygen atoms in total. The Morgan fingerprint density at radius 1 is 1.48 bits per heavy atom. The number of nitrogens with one attached hydrogen (secondary N) is 1. The van der Waals surface area contributed by atoms with Crippen molar-refractivity contribution in [2.45, 2.75) is 13.5 Å². The van der Waals surface area contributed by atoms with E-state index in [1.807, 2.05) is 13.0 Å². The number of aryl methyl sites for hydroxylation is 1. The van der Waals surface area contributed by atoms with E-state index in [0.29, 0.717) is 22.9 Å². The topological polar surface area (TPSA) is 62.1 Å². The van der Waals surface area contributed by atoms with Crippen LogP contribution >= 0.6 is 11.6 Å². The van der Waals surface area contributed by atoms with E-state index < -0.39 is 0 Å². The predicted octanol–water partition coefficient (Wildman–Crippen LogP) is 3.39. The summed E-state index contributed by atoms with van der Waals surface area (Å²) in [5, 5.41) is 8.08. The molecule has 0 saturated carbocycles. The van der Waals surface area contributed by atoms with Gasteiger partial charge in [0.15, 0.2) is 5.76 Å². The minimum Gasteiger partial charge on any atom is -0.451 e. The molecule has 1 aromatic carbocycles. The van der Waals surface area contributed by atoms with Crippen LogP contribution in [0.2, 0.25) is 5.02 Å². The van der Waals surface area contributed by atoms with Crippen LogP contribution in [0, 0.1) is 6.92 Å². The Kier molecular flexibility index (Phi) is 3.43. The lowest BCUT2D eigenvalue weighted by atomic mass is 10.1. The monoisotopic (exact) mass is 303 g/mol. The predicted molar refractivity (Wildman–Crippen MR) is 80.3 cm³/mol.